The van der Waals surface area contributed by atoms with Crippen molar-refractivity contribution in [2.24, 2.45) is 0 Å². The molecule has 1 aromatic heterocycles. The monoisotopic (exact) mass is 720 g/mol. The maximum atomic E-state index is 6.59. The molecule has 0 spiro atoms. The zero-order chi connectivity index (χ0) is 30.9. The summed E-state index contributed by atoms with van der Waals surface area (Å²) in [6.45, 7) is 7.60. The fraction of sp³-hybridized carbons (Fsp3) is 0.902. The van der Waals surface area contributed by atoms with Crippen molar-refractivity contribution in [3.63, 3.8) is 0 Å². The molecule has 4 heteroatoms. The van der Waals surface area contributed by atoms with Gasteiger partial charge in [-0.1, -0.05) is 206 Å². The molecule has 0 aromatic carbocycles. The van der Waals surface area contributed by atoms with E-state index in [2.05, 4.69) is 37.6 Å². The number of ether oxygens (including phenoxy) is 1. The normalized spacial score (nSPS) is 11.4. The summed E-state index contributed by atoms with van der Waals surface area (Å²) in [4.78, 5) is 0. The van der Waals surface area contributed by atoms with Gasteiger partial charge < -0.3 is 33.1 Å². The summed E-state index contributed by atoms with van der Waals surface area (Å²) in [5.41, 5.74) is 1.23. The van der Waals surface area contributed by atoms with Gasteiger partial charge in [-0.05, 0) is 19.8 Å². The molecule has 0 radical (unpaired) electrons. The van der Waals surface area contributed by atoms with Gasteiger partial charge in [0.15, 0.2) is 0 Å². The standard InChI is InChI=1S/C41H77OS.BrH.Mg/c1-4-7-9-11-13-15-17-19-21-23-25-27-29-31-33-36-41(42-6-3,40-35-38-43-39-40)37-34-32-30-28-26-24-22-20-18-16-14-12-10-8-5-2;;/h35,38H,4-34,36-37H2,1-3H3;1H;/q-1;;+2/p-1. The number of hydrogen-bond donors (Lipinski definition) is 0. The van der Waals surface area contributed by atoms with E-state index in [0.717, 1.165) is 6.61 Å². The summed E-state index contributed by atoms with van der Waals surface area (Å²) in [6.07, 6.45) is 45.0. The Morgan fingerprint density at radius 2 is 0.778 bits per heavy atom. The van der Waals surface area contributed by atoms with Gasteiger partial charge in [-0.3, -0.25) is 0 Å². The molecule has 0 aliphatic heterocycles. The van der Waals surface area contributed by atoms with E-state index in [-0.39, 0.29) is 45.6 Å². The van der Waals surface area contributed by atoms with Crippen molar-refractivity contribution in [3.05, 3.63) is 22.4 Å². The van der Waals surface area contributed by atoms with Crippen molar-refractivity contribution in [1.29, 1.82) is 0 Å². The van der Waals surface area contributed by atoms with E-state index < -0.39 is 0 Å². The Labute approximate surface area is 314 Å². The Balaban J connectivity index is 0. The third-order valence-electron chi connectivity index (χ3n) is 9.75. The van der Waals surface area contributed by atoms with Crippen LogP contribution in [0.25, 0.3) is 0 Å². The molecule has 0 N–H and O–H groups in total. The largest absolute Gasteiger partial charge is 2.00 e. The van der Waals surface area contributed by atoms with Crippen LogP contribution < -0.4 is 17.0 Å². The van der Waals surface area contributed by atoms with E-state index in [1.54, 1.807) is 11.3 Å². The Kier molecular flexibility index (Phi) is 40.3. The third-order valence-corrected chi connectivity index (χ3v) is 10.4. The number of halogens is 1. The number of hydrogen-bond acceptors (Lipinski definition) is 2. The minimum Gasteiger partial charge on any atom is -1.00 e. The second-order valence-electron chi connectivity index (χ2n) is 13.8. The maximum Gasteiger partial charge on any atom is 2.00 e. The molecule has 1 heterocycles. The van der Waals surface area contributed by atoms with Crippen LogP contribution in [0.2, 0.25) is 0 Å². The molecule has 0 atom stereocenters. The molecule has 0 saturated heterocycles. The second kappa shape index (κ2) is 37.7. The fourth-order valence-corrected chi connectivity index (χ4v) is 7.59. The smallest absolute Gasteiger partial charge is 1.00 e. The van der Waals surface area contributed by atoms with Gasteiger partial charge in [-0.25, -0.2) is 0 Å². The zero-order valence-electron chi connectivity index (χ0n) is 30.9. The molecule has 0 fully saturated rings. The van der Waals surface area contributed by atoms with E-state index >= 15 is 0 Å². The van der Waals surface area contributed by atoms with Crippen LogP contribution in [0.5, 0.6) is 0 Å². The van der Waals surface area contributed by atoms with Gasteiger partial charge in [0.25, 0.3) is 0 Å². The molecule has 45 heavy (non-hydrogen) atoms. The van der Waals surface area contributed by atoms with Crippen LogP contribution in [-0.2, 0) is 10.3 Å². The van der Waals surface area contributed by atoms with E-state index in [1.165, 1.54) is 211 Å². The van der Waals surface area contributed by atoms with Gasteiger partial charge in [0, 0.05) is 6.61 Å². The van der Waals surface area contributed by atoms with Gasteiger partial charge in [-0.2, -0.15) is 11.4 Å². The molecule has 0 aliphatic carbocycles. The van der Waals surface area contributed by atoms with Gasteiger partial charge in [0.2, 0.25) is 0 Å². The van der Waals surface area contributed by atoms with E-state index in [9.17, 15) is 0 Å². The molecule has 0 bridgehead atoms. The Morgan fingerprint density at radius 3 is 1.02 bits per heavy atom. The summed E-state index contributed by atoms with van der Waals surface area (Å²) in [5.74, 6) is 0. The first kappa shape index (κ1) is 48.0. The van der Waals surface area contributed by atoms with Crippen molar-refractivity contribution in [2.45, 2.75) is 232 Å². The van der Waals surface area contributed by atoms with Crippen LogP contribution in [-0.4, -0.2) is 29.7 Å². The zero-order valence-corrected chi connectivity index (χ0v) is 34.7. The summed E-state index contributed by atoms with van der Waals surface area (Å²) in [5, 5.41) is 5.78. The molecule has 0 aliphatic rings. The molecule has 1 rings (SSSR count). The summed E-state index contributed by atoms with van der Waals surface area (Å²) in [6, 6.07) is 2.29. The summed E-state index contributed by atoms with van der Waals surface area (Å²) >= 11 is 1.71. The Bertz CT molecular complexity index is 618. The molecule has 0 amide bonds. The molecular formula is C41H77BrMgOS. The predicted octanol–water partition coefficient (Wildman–Crippen LogP) is 11.9. The molecule has 262 valence electrons. The predicted molar refractivity (Wildman–Crippen MR) is 201 cm³/mol. The number of thiophene rings is 1. The van der Waals surface area contributed by atoms with Crippen molar-refractivity contribution in [2.75, 3.05) is 6.61 Å². The number of rotatable bonds is 35. The molecule has 1 aromatic rings. The van der Waals surface area contributed by atoms with Crippen LogP contribution >= 0.6 is 11.3 Å². The van der Waals surface area contributed by atoms with Crippen molar-refractivity contribution in [3.8, 4) is 0 Å². The first-order valence-corrected chi connectivity index (χ1v) is 20.8. The van der Waals surface area contributed by atoms with Crippen LogP contribution in [0, 0.1) is 5.38 Å². The van der Waals surface area contributed by atoms with E-state index in [4.69, 9.17) is 4.74 Å². The van der Waals surface area contributed by atoms with Gasteiger partial charge in [-0.15, -0.1) is 10.9 Å². The summed E-state index contributed by atoms with van der Waals surface area (Å²) < 4.78 is 6.59. The SMILES string of the molecule is CCCCCCCCCCCCCCCCCC(CCCCCCCCCCCCCCCCC)(OCC)c1[c-]scc1.[Br-].[Mg+2]. The Morgan fingerprint density at radius 1 is 0.489 bits per heavy atom. The molecular weight excluding hydrogens is 645 g/mol. The minimum absolute atomic E-state index is 0. The molecule has 0 unspecified atom stereocenters. The van der Waals surface area contributed by atoms with Gasteiger partial charge >= 0.3 is 23.1 Å². The van der Waals surface area contributed by atoms with E-state index in [0.29, 0.717) is 0 Å². The fourth-order valence-electron chi connectivity index (χ4n) is 6.93. The average molecular weight is 722 g/mol. The number of unbranched alkanes of at least 4 members (excludes halogenated alkanes) is 28. The van der Waals surface area contributed by atoms with Crippen molar-refractivity contribution in [1.82, 2.24) is 0 Å². The minimum atomic E-state index is -0.0954. The molecule has 0 saturated carbocycles. The molecule has 1 nitrogen and oxygen atoms in total. The van der Waals surface area contributed by atoms with Crippen molar-refractivity contribution >= 4 is 34.4 Å². The van der Waals surface area contributed by atoms with Crippen molar-refractivity contribution < 1.29 is 21.7 Å². The van der Waals surface area contributed by atoms with Gasteiger partial charge in [0.1, 0.15) is 0 Å². The van der Waals surface area contributed by atoms with Crippen LogP contribution in [0.15, 0.2) is 11.4 Å². The average Bonchev–Trinajstić information content (AvgIpc) is 3.57. The quantitative estimate of drug-likeness (QED) is 0.0385. The third kappa shape index (κ3) is 28.4. The van der Waals surface area contributed by atoms with Crippen LogP contribution in [0.3, 0.4) is 0 Å². The van der Waals surface area contributed by atoms with Crippen LogP contribution in [0.1, 0.15) is 232 Å². The topological polar surface area (TPSA) is 9.23 Å². The first-order valence-electron chi connectivity index (χ1n) is 19.9. The maximum absolute atomic E-state index is 6.59. The first-order chi connectivity index (χ1) is 21.3. The van der Waals surface area contributed by atoms with E-state index in [1.807, 2.05) is 0 Å². The second-order valence-corrected chi connectivity index (χ2v) is 14.5. The Hall–Kier alpha value is 0.906. The summed E-state index contributed by atoms with van der Waals surface area (Å²) in [7, 11) is 0. The van der Waals surface area contributed by atoms with Gasteiger partial charge in [0.05, 0.1) is 5.60 Å². The van der Waals surface area contributed by atoms with Crippen LogP contribution in [0.4, 0.5) is 0 Å².